The minimum absolute atomic E-state index is 0.120. The average molecular weight is 464 g/mol. The molecule has 0 saturated carbocycles. The largest absolute Gasteiger partial charge is 0.497 e. The fourth-order valence-electron chi connectivity index (χ4n) is 3.13. The third kappa shape index (κ3) is 5.66. The number of thioether (sulfide) groups is 1. The number of carbonyl (C=O) groups excluding carboxylic acids is 2. The van der Waals surface area contributed by atoms with Crippen molar-refractivity contribution in [3.63, 3.8) is 0 Å². The van der Waals surface area contributed by atoms with E-state index < -0.39 is 0 Å². The van der Waals surface area contributed by atoms with E-state index in [1.54, 1.807) is 31.4 Å². The van der Waals surface area contributed by atoms with Gasteiger partial charge in [-0.15, -0.1) is 11.3 Å². The first kappa shape index (κ1) is 21.9. The van der Waals surface area contributed by atoms with Crippen LogP contribution >= 0.6 is 23.1 Å². The summed E-state index contributed by atoms with van der Waals surface area (Å²) in [5.74, 6) is 0.726. The van der Waals surface area contributed by atoms with Gasteiger partial charge in [-0.25, -0.2) is 4.98 Å². The molecule has 0 saturated heterocycles. The summed E-state index contributed by atoms with van der Waals surface area (Å²) in [7, 11) is 1.60. The Hall–Kier alpha value is -3.36. The normalized spacial score (nSPS) is 10.7. The number of fused-ring (bicyclic) bond motifs is 1. The molecule has 2 amide bonds. The lowest BCUT2D eigenvalue weighted by atomic mass is 10.1. The number of thiazole rings is 1. The number of methoxy groups -OCH3 is 1. The van der Waals surface area contributed by atoms with Crippen LogP contribution < -0.4 is 15.4 Å². The van der Waals surface area contributed by atoms with E-state index in [0.717, 1.165) is 26.5 Å². The van der Waals surface area contributed by atoms with Crippen LogP contribution in [0.25, 0.3) is 10.8 Å². The standard InChI is InChI=1S/C24H21N3O3S2/c1-30-19-11-9-17(10-12-19)25-23(29)15-32-24-26-18(14-31-24)13-22(28)27-21-8-4-6-16-5-2-3-7-20(16)21/h2-12,14H,13,15H2,1H3,(H,25,29)(H,27,28). The van der Waals surface area contributed by atoms with Crippen LogP contribution in [0, 0.1) is 0 Å². The van der Waals surface area contributed by atoms with E-state index in [-0.39, 0.29) is 24.0 Å². The van der Waals surface area contributed by atoms with Gasteiger partial charge in [0.15, 0.2) is 4.34 Å². The number of hydrogen-bond donors (Lipinski definition) is 2. The minimum Gasteiger partial charge on any atom is -0.497 e. The predicted molar refractivity (Wildman–Crippen MR) is 131 cm³/mol. The zero-order chi connectivity index (χ0) is 22.3. The molecule has 1 aromatic heterocycles. The van der Waals surface area contributed by atoms with Crippen molar-refractivity contribution >= 4 is 57.1 Å². The molecule has 0 aliphatic carbocycles. The van der Waals surface area contributed by atoms with Crippen molar-refractivity contribution in [2.45, 2.75) is 10.8 Å². The zero-order valence-electron chi connectivity index (χ0n) is 17.3. The number of hydrogen-bond acceptors (Lipinski definition) is 6. The van der Waals surface area contributed by atoms with Crippen molar-refractivity contribution in [3.05, 3.63) is 77.8 Å². The highest BCUT2D eigenvalue weighted by Crippen LogP contribution is 2.25. The lowest BCUT2D eigenvalue weighted by Gasteiger charge is -2.08. The molecule has 8 heteroatoms. The van der Waals surface area contributed by atoms with Crippen LogP contribution in [0.3, 0.4) is 0 Å². The fourth-order valence-corrected chi connectivity index (χ4v) is 4.77. The van der Waals surface area contributed by atoms with Gasteiger partial charge in [0.25, 0.3) is 0 Å². The zero-order valence-corrected chi connectivity index (χ0v) is 19.0. The molecular formula is C24H21N3O3S2. The summed E-state index contributed by atoms with van der Waals surface area (Å²) in [6.45, 7) is 0. The van der Waals surface area contributed by atoms with Crippen LogP contribution in [-0.2, 0) is 16.0 Å². The van der Waals surface area contributed by atoms with Crippen molar-refractivity contribution in [2.75, 3.05) is 23.5 Å². The predicted octanol–water partition coefficient (Wildman–Crippen LogP) is 5.22. The van der Waals surface area contributed by atoms with Crippen molar-refractivity contribution in [1.29, 1.82) is 0 Å². The van der Waals surface area contributed by atoms with Gasteiger partial charge in [-0.05, 0) is 35.7 Å². The van der Waals surface area contributed by atoms with Crippen molar-refractivity contribution < 1.29 is 14.3 Å². The van der Waals surface area contributed by atoms with Crippen LogP contribution in [0.1, 0.15) is 5.69 Å². The molecule has 2 N–H and O–H groups in total. The number of nitrogens with zero attached hydrogens (tertiary/aromatic N) is 1. The molecule has 0 unspecified atom stereocenters. The summed E-state index contributed by atoms with van der Waals surface area (Å²) in [5, 5.41) is 9.74. The van der Waals surface area contributed by atoms with E-state index >= 15 is 0 Å². The van der Waals surface area contributed by atoms with Crippen molar-refractivity contribution in [3.8, 4) is 5.75 Å². The highest BCUT2D eigenvalue weighted by Gasteiger charge is 2.11. The second-order valence-electron chi connectivity index (χ2n) is 6.92. The monoisotopic (exact) mass is 463 g/mol. The van der Waals surface area contributed by atoms with E-state index in [1.165, 1.54) is 23.1 Å². The summed E-state index contributed by atoms with van der Waals surface area (Å²) in [4.78, 5) is 29.2. The third-order valence-electron chi connectivity index (χ3n) is 4.64. The summed E-state index contributed by atoms with van der Waals surface area (Å²) in [5.41, 5.74) is 2.18. The molecule has 32 heavy (non-hydrogen) atoms. The lowest BCUT2D eigenvalue weighted by molar-refractivity contribution is -0.116. The van der Waals surface area contributed by atoms with Gasteiger partial charge < -0.3 is 15.4 Å². The van der Waals surface area contributed by atoms with E-state index in [4.69, 9.17) is 4.74 Å². The first-order valence-electron chi connectivity index (χ1n) is 9.89. The van der Waals surface area contributed by atoms with Gasteiger partial charge in [0.05, 0.1) is 25.0 Å². The number of rotatable bonds is 8. The van der Waals surface area contributed by atoms with Gasteiger partial charge in [-0.1, -0.05) is 48.2 Å². The Bertz CT molecular complexity index is 1230. The first-order chi connectivity index (χ1) is 15.6. The molecule has 0 bridgehead atoms. The number of anilines is 2. The summed E-state index contributed by atoms with van der Waals surface area (Å²) in [6.07, 6.45) is 0.179. The van der Waals surface area contributed by atoms with Gasteiger partial charge >= 0.3 is 0 Å². The third-order valence-corrected chi connectivity index (χ3v) is 6.71. The number of amides is 2. The highest BCUT2D eigenvalue weighted by atomic mass is 32.2. The summed E-state index contributed by atoms with van der Waals surface area (Å²) in [6, 6.07) is 20.9. The molecule has 0 spiro atoms. The molecule has 0 aliphatic rings. The molecule has 0 fully saturated rings. The Balaban J connectivity index is 1.28. The van der Waals surface area contributed by atoms with Gasteiger partial charge in [-0.3, -0.25) is 9.59 Å². The van der Waals surface area contributed by atoms with Crippen LogP contribution in [0.2, 0.25) is 0 Å². The molecular weight excluding hydrogens is 442 g/mol. The SMILES string of the molecule is COc1ccc(NC(=O)CSc2nc(CC(=O)Nc3cccc4ccccc34)cs2)cc1. The number of aromatic nitrogens is 1. The number of carbonyl (C=O) groups is 2. The second-order valence-corrected chi connectivity index (χ2v) is 9.00. The molecule has 6 nitrogen and oxygen atoms in total. The van der Waals surface area contributed by atoms with Crippen LogP contribution in [0.5, 0.6) is 5.75 Å². The van der Waals surface area contributed by atoms with Crippen LogP contribution in [-0.4, -0.2) is 29.7 Å². The lowest BCUT2D eigenvalue weighted by Crippen LogP contribution is -2.15. The van der Waals surface area contributed by atoms with Gasteiger partial charge in [0, 0.05) is 22.1 Å². The van der Waals surface area contributed by atoms with Gasteiger partial charge in [0.2, 0.25) is 11.8 Å². The smallest absolute Gasteiger partial charge is 0.234 e. The van der Waals surface area contributed by atoms with Gasteiger partial charge in [0.1, 0.15) is 5.75 Å². The highest BCUT2D eigenvalue weighted by molar-refractivity contribution is 8.01. The molecule has 0 atom stereocenters. The molecule has 0 radical (unpaired) electrons. The van der Waals surface area contributed by atoms with Gasteiger partial charge in [-0.2, -0.15) is 0 Å². The number of benzene rings is 3. The molecule has 1 heterocycles. The molecule has 3 aromatic carbocycles. The van der Waals surface area contributed by atoms with Crippen LogP contribution in [0.4, 0.5) is 11.4 Å². The second kappa shape index (κ2) is 10.3. The molecule has 4 aromatic rings. The maximum atomic E-state index is 12.5. The number of nitrogens with one attached hydrogen (secondary N) is 2. The summed E-state index contributed by atoms with van der Waals surface area (Å²) >= 11 is 2.78. The van der Waals surface area contributed by atoms with Crippen molar-refractivity contribution in [2.24, 2.45) is 0 Å². The van der Waals surface area contributed by atoms with E-state index in [0.29, 0.717) is 11.4 Å². The first-order valence-corrected chi connectivity index (χ1v) is 11.8. The van der Waals surface area contributed by atoms with E-state index in [9.17, 15) is 9.59 Å². The average Bonchev–Trinajstić information content (AvgIpc) is 3.25. The fraction of sp³-hybridized carbons (Fsp3) is 0.125. The van der Waals surface area contributed by atoms with Crippen molar-refractivity contribution in [1.82, 2.24) is 4.98 Å². The van der Waals surface area contributed by atoms with E-state index in [2.05, 4.69) is 15.6 Å². The Morgan fingerprint density at radius 3 is 2.56 bits per heavy atom. The number of ether oxygens (including phenoxy) is 1. The Kier molecular flexibility index (Phi) is 7.03. The Labute approximate surface area is 194 Å². The minimum atomic E-state index is -0.125. The molecule has 0 aliphatic heterocycles. The quantitative estimate of drug-likeness (QED) is 0.350. The van der Waals surface area contributed by atoms with E-state index in [1.807, 2.05) is 47.8 Å². The summed E-state index contributed by atoms with van der Waals surface area (Å²) < 4.78 is 5.86. The Morgan fingerprint density at radius 2 is 1.75 bits per heavy atom. The topological polar surface area (TPSA) is 80.3 Å². The molecule has 162 valence electrons. The van der Waals surface area contributed by atoms with Crippen LogP contribution in [0.15, 0.2) is 76.4 Å². The maximum absolute atomic E-state index is 12.5. The molecule has 4 rings (SSSR count). The maximum Gasteiger partial charge on any atom is 0.234 e. The Morgan fingerprint density at radius 1 is 0.969 bits per heavy atom.